The number of halogens is 4. The topological polar surface area (TPSA) is 75.7 Å². The molecule has 0 aromatic heterocycles. The van der Waals surface area contributed by atoms with Gasteiger partial charge in [-0.15, -0.1) is 13.2 Å². The zero-order valence-electron chi connectivity index (χ0n) is 9.69. The highest BCUT2D eigenvalue weighted by Gasteiger charge is 2.33. The van der Waals surface area contributed by atoms with Crippen LogP contribution in [0.4, 0.5) is 18.9 Å². The van der Waals surface area contributed by atoms with Crippen molar-refractivity contribution in [2.45, 2.75) is 25.0 Å². The molecule has 0 saturated heterocycles. The van der Waals surface area contributed by atoms with E-state index in [1.54, 1.807) is 0 Å². The van der Waals surface area contributed by atoms with Crippen LogP contribution in [0.15, 0.2) is 18.2 Å². The van der Waals surface area contributed by atoms with Crippen molar-refractivity contribution in [3.63, 3.8) is 0 Å². The summed E-state index contributed by atoms with van der Waals surface area (Å²) in [4.78, 5) is 0. The molecule has 0 radical (unpaired) electrons. The second-order valence-electron chi connectivity index (χ2n) is 3.83. The van der Waals surface area contributed by atoms with Crippen LogP contribution in [0.2, 0.25) is 0 Å². The molecule has 108 valence electrons. The molecule has 1 rings (SSSR count). The molecule has 0 amide bonds. The molecule has 0 spiro atoms. The van der Waals surface area contributed by atoms with Crippen molar-refractivity contribution >= 4 is 21.6 Å². The summed E-state index contributed by atoms with van der Waals surface area (Å²) in [6, 6.07) is 3.36. The minimum absolute atomic E-state index is 0.162. The van der Waals surface area contributed by atoms with Crippen LogP contribution in [0.3, 0.4) is 0 Å². The molecule has 2 atom stereocenters. The number of anilines is 1. The van der Waals surface area contributed by atoms with E-state index in [0.29, 0.717) is 5.33 Å². The van der Waals surface area contributed by atoms with E-state index < -0.39 is 24.3 Å². The molecular weight excluding hydrogens is 331 g/mol. The summed E-state index contributed by atoms with van der Waals surface area (Å²) in [7, 11) is 0. The first kappa shape index (κ1) is 16.1. The Morgan fingerprint density at radius 3 is 2.47 bits per heavy atom. The number of hydrogen-bond acceptors (Lipinski definition) is 4. The standard InChI is InChI=1S/C11H13BrF3NO3/c12-4-3-8(17)10(18)7-5-6(16)1-2-9(7)19-11(13,14)15/h1-2,5,8,10,17-18H,3-4,16H2. The van der Waals surface area contributed by atoms with Gasteiger partial charge in [0.2, 0.25) is 0 Å². The van der Waals surface area contributed by atoms with Gasteiger partial charge in [-0.2, -0.15) is 0 Å². The van der Waals surface area contributed by atoms with E-state index in [-0.39, 0.29) is 17.7 Å². The normalized spacial score (nSPS) is 15.1. The number of alkyl halides is 4. The van der Waals surface area contributed by atoms with Crippen molar-refractivity contribution < 1.29 is 28.1 Å². The number of nitrogens with two attached hydrogens (primary N) is 1. The monoisotopic (exact) mass is 343 g/mol. The predicted molar refractivity (Wildman–Crippen MR) is 66.9 cm³/mol. The molecule has 2 unspecified atom stereocenters. The molecule has 1 aromatic carbocycles. The zero-order chi connectivity index (χ0) is 14.6. The van der Waals surface area contributed by atoms with Crippen molar-refractivity contribution in [1.29, 1.82) is 0 Å². The minimum atomic E-state index is -4.88. The number of nitrogen functional groups attached to an aromatic ring is 1. The fourth-order valence-electron chi connectivity index (χ4n) is 1.49. The summed E-state index contributed by atoms with van der Waals surface area (Å²) < 4.78 is 40.5. The number of aliphatic hydroxyl groups excluding tert-OH is 2. The van der Waals surface area contributed by atoms with E-state index in [2.05, 4.69) is 20.7 Å². The fraction of sp³-hybridized carbons (Fsp3) is 0.455. The SMILES string of the molecule is Nc1ccc(OC(F)(F)F)c(C(O)C(O)CCBr)c1. The van der Waals surface area contributed by atoms with Crippen LogP contribution in [0.25, 0.3) is 0 Å². The van der Waals surface area contributed by atoms with E-state index in [1.165, 1.54) is 6.07 Å². The quantitative estimate of drug-likeness (QED) is 0.566. The van der Waals surface area contributed by atoms with E-state index in [9.17, 15) is 23.4 Å². The maximum Gasteiger partial charge on any atom is 0.573 e. The summed E-state index contributed by atoms with van der Waals surface area (Å²) in [6.07, 6.45) is -7.46. The van der Waals surface area contributed by atoms with Gasteiger partial charge in [-0.1, -0.05) is 15.9 Å². The average molecular weight is 344 g/mol. The Balaban J connectivity index is 3.06. The first-order valence-corrected chi connectivity index (χ1v) is 6.44. The van der Waals surface area contributed by atoms with Crippen molar-refractivity contribution in [1.82, 2.24) is 0 Å². The number of benzene rings is 1. The lowest BCUT2D eigenvalue weighted by Gasteiger charge is -2.21. The molecule has 0 fully saturated rings. The smallest absolute Gasteiger partial charge is 0.405 e. The van der Waals surface area contributed by atoms with Gasteiger partial charge in [-0.25, -0.2) is 0 Å². The molecule has 4 nitrogen and oxygen atoms in total. The average Bonchev–Trinajstić information content (AvgIpc) is 2.29. The van der Waals surface area contributed by atoms with E-state index in [1.807, 2.05) is 0 Å². The summed E-state index contributed by atoms with van der Waals surface area (Å²) in [6.45, 7) is 0. The molecular formula is C11H13BrF3NO3. The molecule has 0 aliphatic heterocycles. The maximum absolute atomic E-state index is 12.2. The third-order valence-corrected chi connectivity index (χ3v) is 2.81. The Kier molecular flexibility index (Phi) is 5.45. The van der Waals surface area contributed by atoms with E-state index in [0.717, 1.165) is 12.1 Å². The molecule has 0 aliphatic carbocycles. The molecule has 8 heteroatoms. The van der Waals surface area contributed by atoms with Crippen LogP contribution in [0, 0.1) is 0 Å². The van der Waals surface area contributed by atoms with Crippen LogP contribution in [-0.4, -0.2) is 28.0 Å². The van der Waals surface area contributed by atoms with Gasteiger partial charge in [-0.3, -0.25) is 0 Å². The second-order valence-corrected chi connectivity index (χ2v) is 4.63. The largest absolute Gasteiger partial charge is 0.573 e. The lowest BCUT2D eigenvalue weighted by atomic mass is 10.0. The summed E-state index contributed by atoms with van der Waals surface area (Å²) in [5, 5.41) is 19.9. The van der Waals surface area contributed by atoms with E-state index >= 15 is 0 Å². The lowest BCUT2D eigenvalue weighted by molar-refractivity contribution is -0.275. The van der Waals surface area contributed by atoms with Crippen molar-refractivity contribution in [3.05, 3.63) is 23.8 Å². The molecule has 1 aromatic rings. The van der Waals surface area contributed by atoms with Crippen LogP contribution in [0.5, 0.6) is 5.75 Å². The third-order valence-electron chi connectivity index (χ3n) is 2.35. The van der Waals surface area contributed by atoms with Crippen molar-refractivity contribution in [2.75, 3.05) is 11.1 Å². The number of hydrogen-bond donors (Lipinski definition) is 3. The molecule has 19 heavy (non-hydrogen) atoms. The van der Waals surface area contributed by atoms with Crippen molar-refractivity contribution in [3.8, 4) is 5.75 Å². The Bertz CT molecular complexity index is 428. The highest BCUT2D eigenvalue weighted by Crippen LogP contribution is 2.33. The molecule has 0 aliphatic rings. The Morgan fingerprint density at radius 2 is 1.95 bits per heavy atom. The zero-order valence-corrected chi connectivity index (χ0v) is 11.3. The maximum atomic E-state index is 12.2. The number of ether oxygens (including phenoxy) is 1. The number of aliphatic hydroxyl groups is 2. The van der Waals surface area contributed by atoms with Gasteiger partial charge < -0.3 is 20.7 Å². The van der Waals surface area contributed by atoms with Gasteiger partial charge in [-0.05, 0) is 24.6 Å². The van der Waals surface area contributed by atoms with Crippen LogP contribution in [0.1, 0.15) is 18.1 Å². The van der Waals surface area contributed by atoms with E-state index in [4.69, 9.17) is 5.73 Å². The molecule has 0 bridgehead atoms. The molecule has 4 N–H and O–H groups in total. The Hall–Kier alpha value is -0.990. The van der Waals surface area contributed by atoms with Gasteiger partial charge in [0.05, 0.1) is 6.10 Å². The van der Waals surface area contributed by atoms with Gasteiger partial charge in [0.15, 0.2) is 0 Å². The number of rotatable bonds is 5. The van der Waals surface area contributed by atoms with Crippen LogP contribution < -0.4 is 10.5 Å². The summed E-state index contributed by atoms with van der Waals surface area (Å²) in [5.74, 6) is -0.581. The Labute approximate surface area is 116 Å². The van der Waals surface area contributed by atoms with Crippen LogP contribution >= 0.6 is 15.9 Å². The highest BCUT2D eigenvalue weighted by atomic mass is 79.9. The van der Waals surface area contributed by atoms with Gasteiger partial charge in [0.25, 0.3) is 0 Å². The second kappa shape index (κ2) is 6.44. The van der Waals surface area contributed by atoms with Gasteiger partial charge in [0.1, 0.15) is 11.9 Å². The molecule has 0 saturated carbocycles. The third kappa shape index (κ3) is 4.88. The van der Waals surface area contributed by atoms with Crippen molar-refractivity contribution in [2.24, 2.45) is 0 Å². The fourth-order valence-corrected chi connectivity index (χ4v) is 1.96. The lowest BCUT2D eigenvalue weighted by Crippen LogP contribution is -2.23. The predicted octanol–water partition coefficient (Wildman–Crippen LogP) is 2.35. The van der Waals surface area contributed by atoms with Crippen LogP contribution in [-0.2, 0) is 0 Å². The first-order valence-electron chi connectivity index (χ1n) is 5.32. The summed E-state index contributed by atoms with van der Waals surface area (Å²) in [5.41, 5.74) is 5.42. The van der Waals surface area contributed by atoms with Gasteiger partial charge >= 0.3 is 6.36 Å². The summed E-state index contributed by atoms with van der Waals surface area (Å²) >= 11 is 3.07. The van der Waals surface area contributed by atoms with Gasteiger partial charge in [0, 0.05) is 16.6 Å². The first-order chi connectivity index (χ1) is 8.74. The molecule has 0 heterocycles. The Morgan fingerprint density at radius 1 is 1.32 bits per heavy atom. The minimum Gasteiger partial charge on any atom is -0.405 e. The highest BCUT2D eigenvalue weighted by molar-refractivity contribution is 9.09.